The van der Waals surface area contributed by atoms with Crippen LogP contribution in [0, 0.1) is 3.57 Å². The fourth-order valence-electron chi connectivity index (χ4n) is 2.49. The van der Waals surface area contributed by atoms with E-state index in [1.807, 2.05) is 12.1 Å². The first-order valence-electron chi connectivity index (χ1n) is 6.43. The van der Waals surface area contributed by atoms with Crippen molar-refractivity contribution in [1.82, 2.24) is 0 Å². The van der Waals surface area contributed by atoms with Crippen LogP contribution in [0.15, 0.2) is 40.9 Å². The van der Waals surface area contributed by atoms with Crippen molar-refractivity contribution in [1.29, 1.82) is 0 Å². The fourth-order valence-corrected chi connectivity index (χ4v) is 4.01. The van der Waals surface area contributed by atoms with Crippen molar-refractivity contribution >= 4 is 50.1 Å². The Bertz CT molecular complexity index is 659. The molecule has 0 fully saturated rings. The summed E-state index contributed by atoms with van der Waals surface area (Å²) in [5, 5.41) is -0.138. The summed E-state index contributed by atoms with van der Waals surface area (Å²) in [4.78, 5) is 0. The van der Waals surface area contributed by atoms with Crippen LogP contribution in [0.3, 0.4) is 0 Å². The third-order valence-electron chi connectivity index (χ3n) is 3.44. The van der Waals surface area contributed by atoms with Crippen molar-refractivity contribution < 1.29 is 4.74 Å². The lowest BCUT2D eigenvalue weighted by molar-refractivity contribution is 0.254. The van der Waals surface area contributed by atoms with Gasteiger partial charge in [0.25, 0.3) is 0 Å². The number of alkyl halides is 1. The zero-order chi connectivity index (χ0) is 14.3. The van der Waals surface area contributed by atoms with E-state index in [1.165, 1.54) is 9.13 Å². The van der Waals surface area contributed by atoms with E-state index in [9.17, 15) is 0 Å². The van der Waals surface area contributed by atoms with Gasteiger partial charge in [0.2, 0.25) is 0 Å². The molecule has 0 bridgehead atoms. The van der Waals surface area contributed by atoms with Gasteiger partial charge in [0, 0.05) is 14.5 Å². The van der Waals surface area contributed by atoms with Crippen LogP contribution in [0.25, 0.3) is 0 Å². The molecule has 3 rings (SSSR count). The number of ether oxygens (including phenoxy) is 1. The van der Waals surface area contributed by atoms with Crippen molar-refractivity contribution in [2.24, 2.45) is 0 Å². The van der Waals surface area contributed by atoms with E-state index in [-0.39, 0.29) is 11.5 Å². The first kappa shape index (κ1) is 14.7. The van der Waals surface area contributed by atoms with Crippen molar-refractivity contribution in [3.05, 3.63) is 61.1 Å². The molecule has 0 saturated carbocycles. The highest BCUT2D eigenvalue weighted by atomic mass is 127. The highest BCUT2D eigenvalue weighted by Crippen LogP contribution is 2.37. The molecule has 104 valence electrons. The van der Waals surface area contributed by atoms with Crippen LogP contribution in [0.5, 0.6) is 5.75 Å². The smallest absolute Gasteiger partial charge is 0.123 e. The zero-order valence-electron chi connectivity index (χ0n) is 10.9. The summed E-state index contributed by atoms with van der Waals surface area (Å²) < 4.78 is 7.97. The van der Waals surface area contributed by atoms with Gasteiger partial charge >= 0.3 is 0 Å². The molecule has 0 radical (unpaired) electrons. The van der Waals surface area contributed by atoms with Gasteiger partial charge in [0.15, 0.2) is 0 Å². The van der Waals surface area contributed by atoms with Crippen LogP contribution in [-0.4, -0.2) is 6.10 Å². The van der Waals surface area contributed by atoms with Crippen molar-refractivity contribution in [3.8, 4) is 5.75 Å². The Morgan fingerprint density at radius 1 is 1.30 bits per heavy atom. The Hall–Kier alpha value is -0.260. The molecule has 0 amide bonds. The Labute approximate surface area is 145 Å². The molecule has 0 saturated heterocycles. The predicted octanol–water partition coefficient (Wildman–Crippen LogP) is 5.71. The molecule has 0 aromatic heterocycles. The maximum Gasteiger partial charge on any atom is 0.123 e. The molecule has 2 unspecified atom stereocenters. The fraction of sp³-hybridized carbons (Fsp3) is 0.250. The normalized spacial score (nSPS) is 18.5. The molecule has 0 aliphatic carbocycles. The van der Waals surface area contributed by atoms with E-state index in [2.05, 4.69) is 69.7 Å². The number of hydrogen-bond acceptors (Lipinski definition) is 1. The first-order valence-corrected chi connectivity index (χ1v) is 8.74. The molecule has 2 aromatic carbocycles. The predicted molar refractivity (Wildman–Crippen MR) is 94.8 cm³/mol. The van der Waals surface area contributed by atoms with E-state index in [1.54, 1.807) is 0 Å². The Kier molecular flexibility index (Phi) is 4.29. The van der Waals surface area contributed by atoms with E-state index in [0.29, 0.717) is 0 Å². The standard InChI is InChI=1S/C16H13BrClIO/c1-9-6-11-7-10(2-5-15(11)20-9)16(18)13-8-12(17)3-4-14(13)19/h2-5,7-9,16H,6H2,1H3. The number of hydrogen-bond donors (Lipinski definition) is 0. The average Bonchev–Trinajstić information content (AvgIpc) is 2.79. The Balaban J connectivity index is 1.97. The molecule has 2 atom stereocenters. The molecule has 0 spiro atoms. The lowest BCUT2D eigenvalue weighted by Crippen LogP contribution is -2.05. The molecule has 1 aliphatic heterocycles. The van der Waals surface area contributed by atoms with Crippen molar-refractivity contribution in [2.45, 2.75) is 24.8 Å². The van der Waals surface area contributed by atoms with Gasteiger partial charge in [-0.2, -0.15) is 0 Å². The molecule has 0 N–H and O–H groups in total. The summed E-state index contributed by atoms with van der Waals surface area (Å²) in [5.41, 5.74) is 3.51. The molecule has 1 aliphatic rings. The van der Waals surface area contributed by atoms with E-state index in [0.717, 1.165) is 27.8 Å². The average molecular weight is 464 g/mol. The van der Waals surface area contributed by atoms with Gasteiger partial charge in [-0.05, 0) is 70.5 Å². The number of fused-ring (bicyclic) bond motifs is 1. The Morgan fingerprint density at radius 3 is 2.90 bits per heavy atom. The van der Waals surface area contributed by atoms with E-state index >= 15 is 0 Å². The second-order valence-corrected chi connectivity index (χ2v) is 7.54. The molecular weight excluding hydrogens is 450 g/mol. The summed E-state index contributed by atoms with van der Waals surface area (Å²) in [6.07, 6.45) is 1.22. The minimum atomic E-state index is -0.138. The lowest BCUT2D eigenvalue weighted by Gasteiger charge is -2.14. The molecule has 20 heavy (non-hydrogen) atoms. The first-order chi connectivity index (χ1) is 9.54. The molecule has 4 heteroatoms. The lowest BCUT2D eigenvalue weighted by atomic mass is 10.0. The molecule has 1 heterocycles. The Morgan fingerprint density at radius 2 is 2.10 bits per heavy atom. The SMILES string of the molecule is CC1Cc2cc(C(Cl)c3cc(Br)ccc3I)ccc2O1. The van der Waals surface area contributed by atoms with Gasteiger partial charge in [-0.1, -0.05) is 28.1 Å². The summed E-state index contributed by atoms with van der Waals surface area (Å²) in [7, 11) is 0. The van der Waals surface area contributed by atoms with Crippen LogP contribution in [0.4, 0.5) is 0 Å². The van der Waals surface area contributed by atoms with Crippen LogP contribution in [0.2, 0.25) is 0 Å². The van der Waals surface area contributed by atoms with Crippen LogP contribution in [0.1, 0.15) is 29.0 Å². The number of halogens is 3. The second-order valence-electron chi connectivity index (χ2n) is 5.03. The topological polar surface area (TPSA) is 9.23 Å². The van der Waals surface area contributed by atoms with Crippen molar-refractivity contribution in [3.63, 3.8) is 0 Å². The zero-order valence-corrected chi connectivity index (χ0v) is 15.4. The van der Waals surface area contributed by atoms with Gasteiger partial charge in [-0.3, -0.25) is 0 Å². The van der Waals surface area contributed by atoms with Crippen LogP contribution < -0.4 is 4.74 Å². The maximum atomic E-state index is 6.68. The molecule has 2 aromatic rings. The number of benzene rings is 2. The maximum absolute atomic E-state index is 6.68. The number of rotatable bonds is 2. The largest absolute Gasteiger partial charge is 0.490 e. The summed E-state index contributed by atoms with van der Waals surface area (Å²) in [6, 6.07) is 12.5. The summed E-state index contributed by atoms with van der Waals surface area (Å²) in [6.45, 7) is 2.09. The second kappa shape index (κ2) is 5.85. The van der Waals surface area contributed by atoms with E-state index < -0.39 is 0 Å². The summed E-state index contributed by atoms with van der Waals surface area (Å²) in [5.74, 6) is 0.994. The van der Waals surface area contributed by atoms with Gasteiger partial charge in [0.1, 0.15) is 11.9 Å². The monoisotopic (exact) mass is 462 g/mol. The van der Waals surface area contributed by atoms with E-state index in [4.69, 9.17) is 16.3 Å². The third kappa shape index (κ3) is 2.85. The highest BCUT2D eigenvalue weighted by Gasteiger charge is 2.21. The minimum absolute atomic E-state index is 0.138. The third-order valence-corrected chi connectivity index (χ3v) is 5.41. The molecular formula is C16H13BrClIO. The molecule has 1 nitrogen and oxygen atoms in total. The van der Waals surface area contributed by atoms with Gasteiger partial charge in [-0.25, -0.2) is 0 Å². The summed E-state index contributed by atoms with van der Waals surface area (Å²) >= 11 is 12.5. The van der Waals surface area contributed by atoms with Gasteiger partial charge in [-0.15, -0.1) is 11.6 Å². The van der Waals surface area contributed by atoms with Gasteiger partial charge < -0.3 is 4.74 Å². The highest BCUT2D eigenvalue weighted by molar-refractivity contribution is 14.1. The van der Waals surface area contributed by atoms with Crippen LogP contribution >= 0.6 is 50.1 Å². The minimum Gasteiger partial charge on any atom is -0.490 e. The van der Waals surface area contributed by atoms with Gasteiger partial charge in [0.05, 0.1) is 5.38 Å². The van der Waals surface area contributed by atoms with Crippen molar-refractivity contribution in [2.75, 3.05) is 0 Å². The van der Waals surface area contributed by atoms with Crippen LogP contribution in [-0.2, 0) is 6.42 Å². The quantitative estimate of drug-likeness (QED) is 0.410.